The number of amides is 2. The predicted molar refractivity (Wildman–Crippen MR) is 105 cm³/mol. The van der Waals surface area contributed by atoms with E-state index in [0.717, 1.165) is 24.0 Å². The molecule has 2 aromatic rings. The van der Waals surface area contributed by atoms with Gasteiger partial charge in [-0.15, -0.1) is 0 Å². The first-order valence-electron chi connectivity index (χ1n) is 8.74. The van der Waals surface area contributed by atoms with Gasteiger partial charge in [0.25, 0.3) is 11.8 Å². The highest BCUT2D eigenvalue weighted by molar-refractivity contribution is 9.10. The summed E-state index contributed by atoms with van der Waals surface area (Å²) in [5.41, 5.74) is 1.47. The normalized spacial score (nSPS) is 19.9. The fourth-order valence-corrected chi connectivity index (χ4v) is 3.87. The molecular formula is C20H22BrN3O2. The third-order valence-corrected chi connectivity index (χ3v) is 4.96. The van der Waals surface area contributed by atoms with Crippen molar-refractivity contribution in [3.63, 3.8) is 0 Å². The number of hydrogen-bond acceptors (Lipinski definition) is 3. The molecule has 136 valence electrons. The van der Waals surface area contributed by atoms with Gasteiger partial charge in [0.15, 0.2) is 0 Å². The Kier molecular flexibility index (Phi) is 5.71. The van der Waals surface area contributed by atoms with Crippen LogP contribution in [0.5, 0.6) is 0 Å². The molecule has 2 unspecified atom stereocenters. The number of anilines is 1. The first-order valence-corrected chi connectivity index (χ1v) is 9.53. The predicted octanol–water partition coefficient (Wildman–Crippen LogP) is 4.21. The van der Waals surface area contributed by atoms with E-state index < -0.39 is 0 Å². The number of benzene rings is 1. The van der Waals surface area contributed by atoms with E-state index in [1.54, 1.807) is 24.4 Å². The molecule has 1 aromatic heterocycles. The van der Waals surface area contributed by atoms with Crippen LogP contribution in [0.4, 0.5) is 5.69 Å². The summed E-state index contributed by atoms with van der Waals surface area (Å²) in [6.45, 7) is 5.84. The fraction of sp³-hybridized carbons (Fsp3) is 0.350. The number of carbonyl (C=O) groups is 2. The molecular weight excluding hydrogens is 394 g/mol. The number of nitrogens with one attached hydrogen (secondary N) is 1. The SMILES string of the molecule is CC1CC(C)CN(C(=O)c2ccccc2NC(=O)c2cncc(Br)c2)C1. The number of rotatable bonds is 3. The molecule has 0 radical (unpaired) electrons. The Labute approximate surface area is 161 Å². The number of para-hydroxylation sites is 1. The molecule has 1 saturated heterocycles. The minimum absolute atomic E-state index is 0.0355. The monoisotopic (exact) mass is 415 g/mol. The molecule has 3 rings (SSSR count). The second-order valence-electron chi connectivity index (χ2n) is 7.05. The van der Waals surface area contributed by atoms with Crippen molar-refractivity contribution in [1.82, 2.24) is 9.88 Å². The number of pyridine rings is 1. The van der Waals surface area contributed by atoms with E-state index in [4.69, 9.17) is 0 Å². The van der Waals surface area contributed by atoms with Gasteiger partial charge < -0.3 is 10.2 Å². The largest absolute Gasteiger partial charge is 0.338 e. The average molecular weight is 416 g/mol. The zero-order chi connectivity index (χ0) is 18.7. The highest BCUT2D eigenvalue weighted by Gasteiger charge is 2.27. The van der Waals surface area contributed by atoms with Crippen LogP contribution in [0, 0.1) is 11.8 Å². The summed E-state index contributed by atoms with van der Waals surface area (Å²) in [6, 6.07) is 8.85. The van der Waals surface area contributed by atoms with E-state index in [2.05, 4.69) is 40.1 Å². The number of aromatic nitrogens is 1. The summed E-state index contributed by atoms with van der Waals surface area (Å²) in [6.07, 6.45) is 4.25. The van der Waals surface area contributed by atoms with Crippen molar-refractivity contribution in [2.45, 2.75) is 20.3 Å². The van der Waals surface area contributed by atoms with Gasteiger partial charge in [-0.05, 0) is 52.4 Å². The quantitative estimate of drug-likeness (QED) is 0.815. The average Bonchev–Trinajstić information content (AvgIpc) is 2.61. The smallest absolute Gasteiger partial charge is 0.257 e. The number of piperidine rings is 1. The van der Waals surface area contributed by atoms with Crippen molar-refractivity contribution in [1.29, 1.82) is 0 Å². The van der Waals surface area contributed by atoms with Crippen LogP contribution < -0.4 is 5.32 Å². The van der Waals surface area contributed by atoms with Crippen LogP contribution >= 0.6 is 15.9 Å². The molecule has 2 heterocycles. The van der Waals surface area contributed by atoms with Crippen LogP contribution in [-0.2, 0) is 0 Å². The Balaban J connectivity index is 1.82. The molecule has 0 saturated carbocycles. The van der Waals surface area contributed by atoms with Crippen molar-refractivity contribution in [3.8, 4) is 0 Å². The van der Waals surface area contributed by atoms with Crippen LogP contribution in [0.2, 0.25) is 0 Å². The maximum atomic E-state index is 13.0. The number of hydrogen-bond donors (Lipinski definition) is 1. The summed E-state index contributed by atoms with van der Waals surface area (Å²) in [5, 5.41) is 2.85. The van der Waals surface area contributed by atoms with Gasteiger partial charge >= 0.3 is 0 Å². The van der Waals surface area contributed by atoms with Crippen LogP contribution in [0.1, 0.15) is 41.0 Å². The summed E-state index contributed by atoms with van der Waals surface area (Å²) < 4.78 is 0.728. The second kappa shape index (κ2) is 7.99. The van der Waals surface area contributed by atoms with Crippen LogP contribution in [0.15, 0.2) is 47.2 Å². The zero-order valence-corrected chi connectivity index (χ0v) is 16.5. The lowest BCUT2D eigenvalue weighted by Crippen LogP contribution is -2.42. The van der Waals surface area contributed by atoms with Crippen molar-refractivity contribution in [3.05, 3.63) is 58.3 Å². The molecule has 1 N–H and O–H groups in total. The lowest BCUT2D eigenvalue weighted by atomic mass is 9.91. The van der Waals surface area contributed by atoms with Crippen molar-refractivity contribution < 1.29 is 9.59 Å². The van der Waals surface area contributed by atoms with Gasteiger partial charge in [-0.2, -0.15) is 0 Å². The summed E-state index contributed by atoms with van der Waals surface area (Å²) >= 11 is 3.31. The molecule has 0 spiro atoms. The Morgan fingerprint density at radius 3 is 2.54 bits per heavy atom. The molecule has 6 heteroatoms. The van der Waals surface area contributed by atoms with Crippen molar-refractivity contribution in [2.75, 3.05) is 18.4 Å². The highest BCUT2D eigenvalue weighted by Crippen LogP contribution is 2.25. The summed E-state index contributed by atoms with van der Waals surface area (Å²) in [7, 11) is 0. The van der Waals surface area contributed by atoms with Crippen LogP contribution in [-0.4, -0.2) is 34.8 Å². The van der Waals surface area contributed by atoms with E-state index in [1.165, 1.54) is 6.20 Å². The maximum absolute atomic E-state index is 13.0. The Morgan fingerprint density at radius 2 is 1.85 bits per heavy atom. The molecule has 1 fully saturated rings. The third kappa shape index (κ3) is 4.30. The first kappa shape index (κ1) is 18.6. The van der Waals surface area contributed by atoms with Gasteiger partial charge in [0, 0.05) is 30.0 Å². The van der Waals surface area contributed by atoms with Crippen molar-refractivity contribution >= 4 is 33.4 Å². The highest BCUT2D eigenvalue weighted by atomic mass is 79.9. The number of likely N-dealkylation sites (tertiary alicyclic amines) is 1. The lowest BCUT2D eigenvalue weighted by Gasteiger charge is -2.35. The second-order valence-corrected chi connectivity index (χ2v) is 7.96. The summed E-state index contributed by atoms with van der Waals surface area (Å²) in [5.74, 6) is 0.639. The van der Waals surface area contributed by atoms with Crippen molar-refractivity contribution in [2.24, 2.45) is 11.8 Å². The van der Waals surface area contributed by atoms with E-state index >= 15 is 0 Å². The third-order valence-electron chi connectivity index (χ3n) is 4.53. The van der Waals surface area contributed by atoms with Gasteiger partial charge in [0.05, 0.1) is 16.8 Å². The Hall–Kier alpha value is -2.21. The van der Waals surface area contributed by atoms with E-state index in [1.807, 2.05) is 17.0 Å². The standard InChI is InChI=1S/C20H22BrN3O2/c1-13-7-14(2)12-24(11-13)20(26)17-5-3-4-6-18(17)23-19(25)15-8-16(21)10-22-9-15/h3-6,8-10,13-14H,7,11-12H2,1-2H3,(H,23,25). The molecule has 5 nitrogen and oxygen atoms in total. The topological polar surface area (TPSA) is 62.3 Å². The first-order chi connectivity index (χ1) is 12.4. The molecule has 26 heavy (non-hydrogen) atoms. The van der Waals surface area contributed by atoms with E-state index in [0.29, 0.717) is 28.7 Å². The van der Waals surface area contributed by atoms with Gasteiger partial charge in [-0.25, -0.2) is 0 Å². The molecule has 1 aliphatic rings. The molecule has 0 aliphatic carbocycles. The maximum Gasteiger partial charge on any atom is 0.257 e. The summed E-state index contributed by atoms with van der Waals surface area (Å²) in [4.78, 5) is 31.5. The van der Waals surface area contributed by atoms with Crippen LogP contribution in [0.25, 0.3) is 0 Å². The van der Waals surface area contributed by atoms with Crippen LogP contribution in [0.3, 0.4) is 0 Å². The number of halogens is 1. The van der Waals surface area contributed by atoms with Gasteiger partial charge in [-0.3, -0.25) is 14.6 Å². The number of nitrogens with zero attached hydrogens (tertiary/aromatic N) is 2. The Morgan fingerprint density at radius 1 is 1.15 bits per heavy atom. The van der Waals surface area contributed by atoms with E-state index in [-0.39, 0.29) is 11.8 Å². The van der Waals surface area contributed by atoms with E-state index in [9.17, 15) is 9.59 Å². The molecule has 0 bridgehead atoms. The minimum Gasteiger partial charge on any atom is -0.338 e. The zero-order valence-electron chi connectivity index (χ0n) is 14.9. The van der Waals surface area contributed by atoms with Gasteiger partial charge in [0.1, 0.15) is 0 Å². The molecule has 2 atom stereocenters. The lowest BCUT2D eigenvalue weighted by molar-refractivity contribution is 0.0624. The Bertz CT molecular complexity index is 814. The minimum atomic E-state index is -0.292. The number of carbonyl (C=O) groups excluding carboxylic acids is 2. The molecule has 1 aromatic carbocycles. The molecule has 1 aliphatic heterocycles. The molecule has 2 amide bonds. The fourth-order valence-electron chi connectivity index (χ4n) is 3.51. The van der Waals surface area contributed by atoms with Gasteiger partial charge in [0.2, 0.25) is 0 Å². The van der Waals surface area contributed by atoms with Gasteiger partial charge in [-0.1, -0.05) is 26.0 Å².